The molecule has 298 valence electrons. The molecule has 0 aromatic heterocycles. The van der Waals surface area contributed by atoms with Gasteiger partial charge in [0.05, 0.1) is 6.61 Å². The molecule has 5 atom stereocenters. The van der Waals surface area contributed by atoms with Crippen molar-refractivity contribution < 1.29 is 153 Å². The summed E-state index contributed by atoms with van der Waals surface area (Å²) in [6.45, 7) is -0.526. The molecule has 1 aliphatic rings. The van der Waals surface area contributed by atoms with Crippen LogP contribution in [0, 0.1) is 0 Å². The summed E-state index contributed by atoms with van der Waals surface area (Å²) in [5.74, 6) is 0. The van der Waals surface area contributed by atoms with Crippen molar-refractivity contribution in [3.05, 3.63) is 0 Å². The van der Waals surface area contributed by atoms with Crippen molar-refractivity contribution in [1.29, 1.82) is 0 Å². The first-order valence-corrected chi connectivity index (χ1v) is 18.2. The van der Waals surface area contributed by atoms with Crippen LogP contribution in [0.5, 0.6) is 0 Å². The van der Waals surface area contributed by atoms with Crippen molar-refractivity contribution in [2.75, 3.05) is 6.61 Å². The quantitative estimate of drug-likeness (QED) is 0.0858. The Morgan fingerprint density at radius 3 is 0.625 bits per heavy atom. The van der Waals surface area contributed by atoms with Gasteiger partial charge in [-0.05, 0) is 0 Å². The van der Waals surface area contributed by atoms with Gasteiger partial charge in [-0.15, -0.1) is 0 Å². The maximum atomic E-state index is 9.12. The summed E-state index contributed by atoms with van der Waals surface area (Å²) in [6.07, 6.45) is -7.04. The zero-order chi connectivity index (χ0) is 40.8. The van der Waals surface area contributed by atoms with E-state index in [0.717, 1.165) is 0 Å². The van der Waals surface area contributed by atoms with Crippen molar-refractivity contribution in [3.8, 4) is 0 Å². The Kier molecular flexibility index (Phi) is 39.2. The SMILES string of the molecule is O=S(=O)(O)O.O=S(=O)(O)O.O=S(=O)(O)O.O=S(=O)(O)O.O=S(=O)(O)O.O=S(=O)(O)O.O=S(=O)(O)O.OC[C@H]1OC(O)[C@H](O)[C@@H](O)[C@@H]1O.[NaH]. The van der Waals surface area contributed by atoms with Gasteiger partial charge in [0.2, 0.25) is 0 Å². The van der Waals surface area contributed by atoms with Gasteiger partial charge in [-0.2, -0.15) is 58.9 Å². The molecule has 1 aliphatic heterocycles. The first-order valence-electron chi connectivity index (χ1n) is 8.45. The van der Waals surface area contributed by atoms with E-state index in [2.05, 4.69) is 4.74 Å². The Morgan fingerprint density at radius 2 is 0.500 bits per heavy atom. The molecular weight excluding hydrogens is 863 g/mol. The van der Waals surface area contributed by atoms with Gasteiger partial charge in [0, 0.05) is 0 Å². The standard InChI is InChI=1S/C6H12O6.Na.7H2O4S.H/c7-1-2-3(8)4(9)5(10)6(11)12-2;;7*1-5(2,3)4;/h2-11H,1H2;;7*(H2,1,2,3,4);/t2-,3-,4+,5-,6?;;;;;;;;;/m1........./s1. The van der Waals surface area contributed by atoms with E-state index >= 15 is 0 Å². The summed E-state index contributed by atoms with van der Waals surface area (Å²) in [6, 6.07) is 0. The average molecular weight is 891 g/mol. The van der Waals surface area contributed by atoms with E-state index in [1.54, 1.807) is 0 Å². The van der Waals surface area contributed by atoms with E-state index in [-0.39, 0.29) is 29.6 Å². The Hall–Kier alpha value is -0.150. The molecule has 0 amide bonds. The normalized spacial score (nSPS) is 20.8. The molecule has 0 radical (unpaired) electrons. The molecule has 34 nitrogen and oxygen atoms in total. The summed E-state index contributed by atoms with van der Waals surface area (Å²) in [5, 5.41) is 44.7. The molecule has 1 fully saturated rings. The molecule has 0 spiro atoms. The van der Waals surface area contributed by atoms with E-state index in [1.807, 2.05) is 0 Å². The minimum absolute atomic E-state index is 0. The molecule has 0 aromatic carbocycles. The van der Waals surface area contributed by atoms with Crippen LogP contribution >= 0.6 is 0 Å². The summed E-state index contributed by atoms with van der Waals surface area (Å²) < 4.78 is 226. The van der Waals surface area contributed by atoms with E-state index in [0.29, 0.717) is 0 Å². The second-order valence-electron chi connectivity index (χ2n) is 5.85. The van der Waals surface area contributed by atoms with E-state index in [9.17, 15) is 0 Å². The zero-order valence-corrected chi connectivity index (χ0v) is 26.8. The fourth-order valence-corrected chi connectivity index (χ4v) is 1.08. The molecule has 1 heterocycles. The van der Waals surface area contributed by atoms with Crippen LogP contribution in [0.3, 0.4) is 0 Å². The number of rotatable bonds is 1. The molecule has 19 N–H and O–H groups in total. The molecule has 42 heteroatoms. The number of ether oxygens (including phenoxy) is 1. The van der Waals surface area contributed by atoms with Crippen LogP contribution in [-0.4, -0.2) is 215 Å². The van der Waals surface area contributed by atoms with Crippen LogP contribution in [-0.2, 0) is 77.5 Å². The van der Waals surface area contributed by atoms with Crippen molar-refractivity contribution in [2.24, 2.45) is 0 Å². The predicted molar refractivity (Wildman–Crippen MR) is 142 cm³/mol. The second-order valence-corrected chi connectivity index (χ2v) is 12.1. The molecule has 0 saturated carbocycles. The number of hydrogen-bond donors (Lipinski definition) is 19. The monoisotopic (exact) mass is 890 g/mol. The summed E-state index contributed by atoms with van der Waals surface area (Å²) in [5.41, 5.74) is 0. The molecule has 1 rings (SSSR count). The molecule has 0 bridgehead atoms. The van der Waals surface area contributed by atoms with Crippen LogP contribution in [0.2, 0.25) is 0 Å². The Bertz CT molecular complexity index is 1210. The van der Waals surface area contributed by atoms with Crippen molar-refractivity contribution in [2.45, 2.75) is 30.7 Å². The number of hydrogen-bond acceptors (Lipinski definition) is 20. The van der Waals surface area contributed by atoms with Crippen molar-refractivity contribution in [3.63, 3.8) is 0 Å². The van der Waals surface area contributed by atoms with Crippen LogP contribution in [0.4, 0.5) is 0 Å². The Morgan fingerprint density at radius 1 is 0.354 bits per heavy atom. The van der Waals surface area contributed by atoms with Crippen LogP contribution in [0.25, 0.3) is 0 Å². The molecular formula is C6H27NaO34S7. The van der Waals surface area contributed by atoms with E-state index in [4.69, 9.17) is 148 Å². The van der Waals surface area contributed by atoms with Gasteiger partial charge in [0.15, 0.2) is 6.29 Å². The summed E-state index contributed by atoms with van der Waals surface area (Å²) in [4.78, 5) is 0. The van der Waals surface area contributed by atoms with Crippen molar-refractivity contribution >= 4 is 102 Å². The molecule has 0 aliphatic carbocycles. The Labute approximate surface area is 291 Å². The van der Waals surface area contributed by atoms with Gasteiger partial charge < -0.3 is 30.3 Å². The molecule has 1 unspecified atom stereocenters. The topological polar surface area (TPSA) is 633 Å². The van der Waals surface area contributed by atoms with Gasteiger partial charge in [0.1, 0.15) is 24.4 Å². The predicted octanol–water partition coefficient (Wildman–Crippen LogP) is -8.44. The number of aliphatic hydroxyl groups is 5. The van der Waals surface area contributed by atoms with Gasteiger partial charge >= 0.3 is 102 Å². The minimum atomic E-state index is -4.67. The summed E-state index contributed by atoms with van der Waals surface area (Å²) in [7, 11) is -32.7. The van der Waals surface area contributed by atoms with Crippen LogP contribution in [0.15, 0.2) is 0 Å². The molecule has 48 heavy (non-hydrogen) atoms. The fraction of sp³-hybridized carbons (Fsp3) is 1.00. The van der Waals surface area contributed by atoms with Gasteiger partial charge in [-0.3, -0.25) is 63.7 Å². The fourth-order valence-electron chi connectivity index (χ4n) is 1.08. The maximum absolute atomic E-state index is 9.12. The average Bonchev–Trinajstić information content (AvgIpc) is 2.60. The van der Waals surface area contributed by atoms with Gasteiger partial charge in [-0.25, -0.2) is 0 Å². The van der Waals surface area contributed by atoms with Crippen LogP contribution in [0.1, 0.15) is 0 Å². The molecule has 0 aromatic rings. The van der Waals surface area contributed by atoms with Gasteiger partial charge in [0.25, 0.3) is 0 Å². The third kappa shape index (κ3) is 193. The third-order valence-electron chi connectivity index (χ3n) is 1.87. The Balaban J connectivity index is -0.0000000656. The van der Waals surface area contributed by atoms with Crippen LogP contribution < -0.4 is 0 Å². The zero-order valence-electron chi connectivity index (χ0n) is 21.1. The van der Waals surface area contributed by atoms with E-state index < -0.39 is 110 Å². The molecule has 1 saturated heterocycles. The van der Waals surface area contributed by atoms with E-state index in [1.165, 1.54) is 0 Å². The summed E-state index contributed by atoms with van der Waals surface area (Å²) >= 11 is 0. The van der Waals surface area contributed by atoms with Crippen molar-refractivity contribution in [1.82, 2.24) is 0 Å². The second kappa shape index (κ2) is 28.4. The first kappa shape index (κ1) is 66.1. The first-order chi connectivity index (χ1) is 19.6. The van der Waals surface area contributed by atoms with Gasteiger partial charge in [-0.1, -0.05) is 0 Å². The third-order valence-corrected chi connectivity index (χ3v) is 1.87. The number of aliphatic hydroxyl groups excluding tert-OH is 5.